The molecular formula is C11H13BrO. The van der Waals surface area contributed by atoms with Gasteiger partial charge in [-0.1, -0.05) is 46.3 Å². The van der Waals surface area contributed by atoms with Crippen molar-refractivity contribution in [3.63, 3.8) is 0 Å². The fourth-order valence-electron chi connectivity index (χ4n) is 1.10. The van der Waals surface area contributed by atoms with Crippen molar-refractivity contribution in [2.75, 3.05) is 0 Å². The lowest BCUT2D eigenvalue weighted by Crippen LogP contribution is -2.28. The van der Waals surface area contributed by atoms with E-state index < -0.39 is 4.32 Å². The molecule has 0 fully saturated rings. The molecule has 0 spiro atoms. The second-order valence-corrected chi connectivity index (χ2v) is 5.17. The van der Waals surface area contributed by atoms with Crippen molar-refractivity contribution >= 4 is 21.7 Å². The van der Waals surface area contributed by atoms with E-state index >= 15 is 0 Å². The number of carbonyl (C=O) groups excluding carboxylic acids is 1. The third-order valence-electron chi connectivity index (χ3n) is 2.11. The molecule has 0 aromatic heterocycles. The number of rotatable bonds is 3. The fourth-order valence-corrected chi connectivity index (χ4v) is 1.43. The Morgan fingerprint density at radius 1 is 1.38 bits per heavy atom. The first-order valence-electron chi connectivity index (χ1n) is 4.26. The number of carbonyl (C=O) groups is 1. The van der Waals surface area contributed by atoms with E-state index in [4.69, 9.17) is 0 Å². The van der Waals surface area contributed by atoms with Crippen LogP contribution in [0.5, 0.6) is 0 Å². The molecule has 2 heteroatoms. The maximum absolute atomic E-state index is 11.2. The molecule has 0 heterocycles. The van der Waals surface area contributed by atoms with Crippen LogP contribution in [0.25, 0.3) is 0 Å². The summed E-state index contributed by atoms with van der Waals surface area (Å²) in [4.78, 5) is 11.2. The van der Waals surface area contributed by atoms with Gasteiger partial charge in [-0.25, -0.2) is 0 Å². The van der Waals surface area contributed by atoms with E-state index in [1.165, 1.54) is 5.56 Å². The Hall–Kier alpha value is -0.630. The molecule has 0 saturated carbocycles. The average Bonchev–Trinajstić information content (AvgIpc) is 2.05. The first-order chi connectivity index (χ1) is 6.02. The molecule has 1 atom stereocenters. The summed E-state index contributed by atoms with van der Waals surface area (Å²) >= 11 is 3.43. The van der Waals surface area contributed by atoms with E-state index in [2.05, 4.69) is 15.9 Å². The van der Waals surface area contributed by atoms with Gasteiger partial charge in [0.15, 0.2) is 0 Å². The molecule has 1 aromatic carbocycles. The minimum Gasteiger partial charge on any atom is -0.298 e. The van der Waals surface area contributed by atoms with Crippen LogP contribution in [0.15, 0.2) is 30.3 Å². The van der Waals surface area contributed by atoms with Gasteiger partial charge in [0.25, 0.3) is 0 Å². The molecule has 1 aromatic rings. The number of halogens is 1. The summed E-state index contributed by atoms with van der Waals surface area (Å²) in [5, 5.41) is 0. The zero-order chi connectivity index (χ0) is 9.90. The molecule has 0 amide bonds. The van der Waals surface area contributed by atoms with Crippen molar-refractivity contribution in [1.29, 1.82) is 0 Å². The lowest BCUT2D eigenvalue weighted by atomic mass is 9.98. The molecule has 1 nitrogen and oxygen atoms in total. The Morgan fingerprint density at radius 3 is 2.38 bits per heavy atom. The predicted octanol–water partition coefficient (Wildman–Crippen LogP) is 2.97. The topological polar surface area (TPSA) is 17.1 Å². The van der Waals surface area contributed by atoms with E-state index in [0.29, 0.717) is 0 Å². The van der Waals surface area contributed by atoms with Gasteiger partial charge in [-0.05, 0) is 25.8 Å². The zero-order valence-electron chi connectivity index (χ0n) is 7.88. The minimum atomic E-state index is -0.422. The summed E-state index contributed by atoms with van der Waals surface area (Å²) < 4.78 is -0.422. The second-order valence-electron chi connectivity index (χ2n) is 3.42. The van der Waals surface area contributed by atoms with Gasteiger partial charge in [0.2, 0.25) is 0 Å². The van der Waals surface area contributed by atoms with Gasteiger partial charge in [0.05, 0.1) is 4.32 Å². The fraction of sp³-hybridized carbons (Fsp3) is 0.364. The van der Waals surface area contributed by atoms with Crippen LogP contribution in [0.3, 0.4) is 0 Å². The molecular weight excluding hydrogens is 228 g/mol. The zero-order valence-corrected chi connectivity index (χ0v) is 9.47. The van der Waals surface area contributed by atoms with E-state index in [9.17, 15) is 4.79 Å². The number of ketones is 1. The third-order valence-corrected chi connectivity index (χ3v) is 2.95. The molecule has 0 aliphatic heterocycles. The van der Waals surface area contributed by atoms with Crippen LogP contribution in [-0.4, -0.2) is 10.1 Å². The van der Waals surface area contributed by atoms with Crippen molar-refractivity contribution in [3.05, 3.63) is 35.9 Å². The normalized spacial score (nSPS) is 15.0. The van der Waals surface area contributed by atoms with Crippen LogP contribution in [0.1, 0.15) is 19.4 Å². The lowest BCUT2D eigenvalue weighted by molar-refractivity contribution is -0.118. The number of benzene rings is 1. The Balaban J connectivity index is 2.75. The van der Waals surface area contributed by atoms with Crippen LogP contribution in [0.4, 0.5) is 0 Å². The molecule has 13 heavy (non-hydrogen) atoms. The third kappa shape index (κ3) is 2.96. The van der Waals surface area contributed by atoms with Crippen molar-refractivity contribution in [2.24, 2.45) is 0 Å². The van der Waals surface area contributed by atoms with Crippen molar-refractivity contribution in [1.82, 2.24) is 0 Å². The van der Waals surface area contributed by atoms with Crippen LogP contribution in [0.2, 0.25) is 0 Å². The van der Waals surface area contributed by atoms with Gasteiger partial charge in [-0.15, -0.1) is 0 Å². The van der Waals surface area contributed by atoms with Gasteiger partial charge in [0.1, 0.15) is 5.78 Å². The summed E-state index contributed by atoms with van der Waals surface area (Å²) in [5.74, 6) is 0.163. The van der Waals surface area contributed by atoms with Gasteiger partial charge in [-0.2, -0.15) is 0 Å². The summed E-state index contributed by atoms with van der Waals surface area (Å²) in [6.07, 6.45) is 0.739. The maximum atomic E-state index is 11.2. The highest BCUT2D eigenvalue weighted by molar-refractivity contribution is 9.10. The average molecular weight is 241 g/mol. The van der Waals surface area contributed by atoms with Gasteiger partial charge >= 0.3 is 0 Å². The summed E-state index contributed by atoms with van der Waals surface area (Å²) in [6.45, 7) is 3.51. The molecule has 0 saturated heterocycles. The van der Waals surface area contributed by atoms with Gasteiger partial charge in [-0.3, -0.25) is 4.79 Å². The largest absolute Gasteiger partial charge is 0.298 e. The highest BCUT2D eigenvalue weighted by Gasteiger charge is 2.25. The van der Waals surface area contributed by atoms with E-state index in [0.717, 1.165) is 6.42 Å². The highest BCUT2D eigenvalue weighted by atomic mass is 79.9. The smallest absolute Gasteiger partial charge is 0.146 e. The van der Waals surface area contributed by atoms with Gasteiger partial charge in [0, 0.05) is 0 Å². The second kappa shape index (κ2) is 4.05. The maximum Gasteiger partial charge on any atom is 0.146 e. The Kier molecular flexibility index (Phi) is 3.26. The van der Waals surface area contributed by atoms with Crippen LogP contribution in [-0.2, 0) is 11.2 Å². The number of hydrogen-bond acceptors (Lipinski definition) is 1. The lowest BCUT2D eigenvalue weighted by Gasteiger charge is -2.18. The summed E-state index contributed by atoms with van der Waals surface area (Å²) in [7, 11) is 0. The molecule has 1 unspecified atom stereocenters. The summed E-state index contributed by atoms with van der Waals surface area (Å²) in [6, 6.07) is 10.0. The molecule has 1 rings (SSSR count). The van der Waals surface area contributed by atoms with Crippen molar-refractivity contribution < 1.29 is 4.79 Å². The Morgan fingerprint density at radius 2 is 1.92 bits per heavy atom. The van der Waals surface area contributed by atoms with Crippen molar-refractivity contribution in [3.8, 4) is 0 Å². The molecule has 0 bridgehead atoms. The van der Waals surface area contributed by atoms with Crippen LogP contribution < -0.4 is 0 Å². The van der Waals surface area contributed by atoms with Crippen LogP contribution in [0, 0.1) is 0 Å². The SMILES string of the molecule is CC(=O)C(C)(Br)Cc1ccccc1. The molecule has 0 N–H and O–H groups in total. The Bertz CT molecular complexity index is 290. The highest BCUT2D eigenvalue weighted by Crippen LogP contribution is 2.23. The Labute approximate surface area is 87.3 Å². The standard InChI is InChI=1S/C11H13BrO/c1-9(13)11(2,12)8-10-6-4-3-5-7-10/h3-7H,8H2,1-2H3. The van der Waals surface area contributed by atoms with Crippen molar-refractivity contribution in [2.45, 2.75) is 24.6 Å². The van der Waals surface area contributed by atoms with Gasteiger partial charge < -0.3 is 0 Å². The molecule has 70 valence electrons. The number of hydrogen-bond donors (Lipinski definition) is 0. The first kappa shape index (κ1) is 10.5. The van der Waals surface area contributed by atoms with E-state index in [1.54, 1.807) is 6.92 Å². The quantitative estimate of drug-likeness (QED) is 0.743. The first-order valence-corrected chi connectivity index (χ1v) is 5.05. The summed E-state index contributed by atoms with van der Waals surface area (Å²) in [5.41, 5.74) is 1.18. The van der Waals surface area contributed by atoms with E-state index in [1.807, 2.05) is 37.3 Å². The number of Topliss-reactive ketones (excluding diaryl/α,β-unsaturated/α-hetero) is 1. The van der Waals surface area contributed by atoms with E-state index in [-0.39, 0.29) is 5.78 Å². The monoisotopic (exact) mass is 240 g/mol. The minimum absolute atomic E-state index is 0.163. The molecule has 0 aliphatic rings. The number of alkyl halides is 1. The predicted molar refractivity (Wildman–Crippen MR) is 58.2 cm³/mol. The molecule has 0 aliphatic carbocycles. The molecule has 0 radical (unpaired) electrons. The van der Waals surface area contributed by atoms with Crippen LogP contribution >= 0.6 is 15.9 Å².